The zero-order chi connectivity index (χ0) is 19.0. The van der Waals surface area contributed by atoms with Gasteiger partial charge in [0, 0.05) is 21.2 Å². The minimum atomic E-state index is 0.534. The lowest BCUT2D eigenvalue weighted by molar-refractivity contribution is 0.415. The first kappa shape index (κ1) is 18.0. The summed E-state index contributed by atoms with van der Waals surface area (Å²) in [6, 6.07) is 13.3. The molecule has 0 amide bonds. The number of methoxy groups -OCH3 is 1. The molecule has 0 radical (unpaired) electrons. The predicted octanol–water partition coefficient (Wildman–Crippen LogP) is 6.73. The summed E-state index contributed by atoms with van der Waals surface area (Å²) in [7, 11) is 1.59. The van der Waals surface area contributed by atoms with Gasteiger partial charge in [-0.05, 0) is 42.8 Å². The van der Waals surface area contributed by atoms with Gasteiger partial charge in [-0.1, -0.05) is 35.3 Å². The van der Waals surface area contributed by atoms with Gasteiger partial charge in [0.2, 0.25) is 0 Å². The van der Waals surface area contributed by atoms with Crippen molar-refractivity contribution in [3.63, 3.8) is 0 Å². The molecule has 4 aromatic rings. The number of rotatable bonds is 4. The maximum atomic E-state index is 6.25. The number of thiophene rings is 1. The highest BCUT2D eigenvalue weighted by Crippen LogP contribution is 2.41. The summed E-state index contributed by atoms with van der Waals surface area (Å²) in [4.78, 5) is 11.0. The molecule has 0 unspecified atom stereocenters. The van der Waals surface area contributed by atoms with Gasteiger partial charge in [-0.15, -0.1) is 11.3 Å². The second-order valence-corrected chi connectivity index (χ2v) is 7.96. The molecule has 4 nitrogen and oxygen atoms in total. The van der Waals surface area contributed by atoms with Crippen LogP contribution in [0.15, 0.2) is 48.8 Å². The minimum absolute atomic E-state index is 0.534. The van der Waals surface area contributed by atoms with Gasteiger partial charge in [0.15, 0.2) is 0 Å². The van der Waals surface area contributed by atoms with Crippen LogP contribution in [0.25, 0.3) is 21.3 Å². The van der Waals surface area contributed by atoms with Crippen LogP contribution in [0.5, 0.6) is 5.75 Å². The molecule has 7 heteroatoms. The Hall–Kier alpha value is -2.34. The van der Waals surface area contributed by atoms with Crippen LogP contribution in [0.1, 0.15) is 4.88 Å². The van der Waals surface area contributed by atoms with E-state index in [-0.39, 0.29) is 0 Å². The molecule has 0 saturated carbocycles. The van der Waals surface area contributed by atoms with Gasteiger partial charge in [0.1, 0.15) is 22.7 Å². The van der Waals surface area contributed by atoms with E-state index in [2.05, 4.69) is 22.2 Å². The third kappa shape index (κ3) is 3.46. The van der Waals surface area contributed by atoms with E-state index in [1.165, 1.54) is 4.88 Å². The number of hydrogen-bond acceptors (Lipinski definition) is 5. The molecule has 1 N–H and O–H groups in total. The van der Waals surface area contributed by atoms with Gasteiger partial charge in [-0.3, -0.25) is 0 Å². The largest absolute Gasteiger partial charge is 0.495 e. The highest BCUT2D eigenvalue weighted by Gasteiger charge is 2.17. The molecule has 4 rings (SSSR count). The van der Waals surface area contributed by atoms with E-state index in [1.807, 2.05) is 42.5 Å². The van der Waals surface area contributed by atoms with Crippen molar-refractivity contribution in [2.24, 2.45) is 0 Å². The van der Waals surface area contributed by atoms with Crippen molar-refractivity contribution in [2.45, 2.75) is 6.92 Å². The zero-order valence-electron chi connectivity index (χ0n) is 14.6. The summed E-state index contributed by atoms with van der Waals surface area (Å²) < 4.78 is 5.22. The van der Waals surface area contributed by atoms with E-state index in [1.54, 1.807) is 24.8 Å². The fraction of sp³-hybridized carbons (Fsp3) is 0.100. The molecule has 27 heavy (non-hydrogen) atoms. The van der Waals surface area contributed by atoms with Gasteiger partial charge in [0.05, 0.1) is 17.5 Å². The predicted molar refractivity (Wildman–Crippen MR) is 114 cm³/mol. The number of nitrogens with zero attached hydrogens (tertiary/aromatic N) is 2. The van der Waals surface area contributed by atoms with Crippen LogP contribution in [-0.2, 0) is 0 Å². The highest BCUT2D eigenvalue weighted by molar-refractivity contribution is 7.19. The lowest BCUT2D eigenvalue weighted by Crippen LogP contribution is -1.96. The van der Waals surface area contributed by atoms with Crippen LogP contribution < -0.4 is 10.1 Å². The molecule has 136 valence electrons. The van der Waals surface area contributed by atoms with Crippen LogP contribution >= 0.6 is 34.5 Å². The highest BCUT2D eigenvalue weighted by atomic mass is 35.5. The zero-order valence-corrected chi connectivity index (χ0v) is 16.9. The molecule has 0 atom stereocenters. The number of fused-ring (bicyclic) bond motifs is 1. The van der Waals surface area contributed by atoms with Gasteiger partial charge in [-0.2, -0.15) is 0 Å². The molecule has 0 bridgehead atoms. The van der Waals surface area contributed by atoms with E-state index in [0.29, 0.717) is 15.8 Å². The van der Waals surface area contributed by atoms with Crippen molar-refractivity contribution in [1.82, 2.24) is 9.97 Å². The Morgan fingerprint density at radius 1 is 1.04 bits per heavy atom. The molecular weight excluding hydrogens is 401 g/mol. The summed E-state index contributed by atoms with van der Waals surface area (Å²) in [6.45, 7) is 2.09. The fourth-order valence-electron chi connectivity index (χ4n) is 2.98. The summed E-state index contributed by atoms with van der Waals surface area (Å²) in [5.41, 5.74) is 3.01. The Labute approximate surface area is 170 Å². The maximum Gasteiger partial charge on any atom is 0.143 e. The van der Waals surface area contributed by atoms with E-state index in [4.69, 9.17) is 27.9 Å². The number of aromatic nitrogens is 2. The van der Waals surface area contributed by atoms with E-state index in [0.717, 1.165) is 32.8 Å². The molecule has 0 spiro atoms. The molecule has 0 saturated heterocycles. The molecule has 0 aliphatic rings. The average molecular weight is 416 g/mol. The standard InChI is InChI=1S/C20H15Cl2N3OS/c1-11-17(12-3-5-13(21)6-4-12)18-19(23-10-24-20(18)27-11)25-14-7-8-16(26-2)15(22)9-14/h3-10H,1-2H3,(H,23,24,25). The summed E-state index contributed by atoms with van der Waals surface area (Å²) in [6.07, 6.45) is 1.57. The monoisotopic (exact) mass is 415 g/mol. The number of nitrogens with one attached hydrogen (secondary N) is 1. The van der Waals surface area contributed by atoms with Crippen LogP contribution in [-0.4, -0.2) is 17.1 Å². The summed E-state index contributed by atoms with van der Waals surface area (Å²) >= 11 is 13.9. The van der Waals surface area contributed by atoms with Crippen molar-refractivity contribution in [2.75, 3.05) is 12.4 Å². The molecular formula is C20H15Cl2N3OS. The SMILES string of the molecule is COc1ccc(Nc2ncnc3sc(C)c(-c4ccc(Cl)cc4)c23)cc1Cl. The van der Waals surface area contributed by atoms with E-state index >= 15 is 0 Å². The van der Waals surface area contributed by atoms with Crippen molar-refractivity contribution in [3.05, 3.63) is 63.7 Å². The first-order chi connectivity index (χ1) is 13.1. The quantitative estimate of drug-likeness (QED) is 0.401. The number of halogens is 2. The normalized spacial score (nSPS) is 11.0. The molecule has 2 heterocycles. The lowest BCUT2D eigenvalue weighted by Gasteiger charge is -2.11. The summed E-state index contributed by atoms with van der Waals surface area (Å²) in [5.74, 6) is 1.36. The lowest BCUT2D eigenvalue weighted by atomic mass is 10.0. The number of hydrogen-bond donors (Lipinski definition) is 1. The first-order valence-corrected chi connectivity index (χ1v) is 9.74. The Kier molecular flexibility index (Phi) is 4.91. The van der Waals surface area contributed by atoms with Gasteiger partial charge < -0.3 is 10.1 Å². The number of ether oxygens (including phenoxy) is 1. The Bertz CT molecular complexity index is 1130. The minimum Gasteiger partial charge on any atom is -0.495 e. The fourth-order valence-corrected chi connectivity index (χ4v) is 4.38. The Morgan fingerprint density at radius 2 is 1.81 bits per heavy atom. The summed E-state index contributed by atoms with van der Waals surface area (Å²) in [5, 5.41) is 5.59. The second kappa shape index (κ2) is 7.35. The Balaban J connectivity index is 1.84. The smallest absolute Gasteiger partial charge is 0.143 e. The van der Waals surface area contributed by atoms with Gasteiger partial charge in [0.25, 0.3) is 0 Å². The molecule has 2 aromatic heterocycles. The molecule has 0 aliphatic carbocycles. The number of benzene rings is 2. The van der Waals surface area contributed by atoms with Crippen LogP contribution in [0.4, 0.5) is 11.5 Å². The van der Waals surface area contributed by atoms with Crippen molar-refractivity contribution in [1.29, 1.82) is 0 Å². The number of aryl methyl sites for hydroxylation is 1. The first-order valence-electron chi connectivity index (χ1n) is 8.17. The molecule has 0 aliphatic heterocycles. The van der Waals surface area contributed by atoms with E-state index < -0.39 is 0 Å². The van der Waals surface area contributed by atoms with Crippen LogP contribution in [0, 0.1) is 6.92 Å². The Morgan fingerprint density at radius 3 is 2.52 bits per heavy atom. The van der Waals surface area contributed by atoms with Crippen LogP contribution in [0.2, 0.25) is 10.0 Å². The molecule has 0 fully saturated rings. The average Bonchev–Trinajstić information content (AvgIpc) is 2.99. The third-order valence-corrected chi connectivity index (χ3v) is 5.77. The van der Waals surface area contributed by atoms with E-state index in [9.17, 15) is 0 Å². The van der Waals surface area contributed by atoms with Crippen LogP contribution in [0.3, 0.4) is 0 Å². The molecule has 2 aromatic carbocycles. The topological polar surface area (TPSA) is 47.0 Å². The van der Waals surface area contributed by atoms with Crippen molar-refractivity contribution in [3.8, 4) is 16.9 Å². The van der Waals surface area contributed by atoms with Crippen molar-refractivity contribution >= 4 is 56.3 Å². The van der Waals surface area contributed by atoms with Gasteiger partial charge >= 0.3 is 0 Å². The van der Waals surface area contributed by atoms with Crippen molar-refractivity contribution < 1.29 is 4.74 Å². The third-order valence-electron chi connectivity index (χ3n) is 4.21. The van der Waals surface area contributed by atoms with Gasteiger partial charge in [-0.25, -0.2) is 9.97 Å². The number of anilines is 2. The maximum absolute atomic E-state index is 6.25. The second-order valence-electron chi connectivity index (χ2n) is 5.92.